The topological polar surface area (TPSA) is 0 Å². The van der Waals surface area contributed by atoms with Gasteiger partial charge in [0, 0.05) is 10.0 Å². The van der Waals surface area contributed by atoms with Crippen molar-refractivity contribution in [3.63, 3.8) is 0 Å². The summed E-state index contributed by atoms with van der Waals surface area (Å²) in [5.74, 6) is -0.876. The van der Waals surface area contributed by atoms with Crippen molar-refractivity contribution in [2.75, 3.05) is 0 Å². The molecule has 0 fully saturated rings. The van der Waals surface area contributed by atoms with E-state index in [1.807, 2.05) is 0 Å². The van der Waals surface area contributed by atoms with Crippen molar-refractivity contribution in [2.45, 2.75) is 5.38 Å². The van der Waals surface area contributed by atoms with Crippen molar-refractivity contribution in [1.29, 1.82) is 0 Å². The predicted octanol–water partition coefficient (Wildman–Crippen LogP) is 6.47. The Labute approximate surface area is 136 Å². The molecule has 0 heterocycles. The number of alkyl halides is 1. The summed E-state index contributed by atoms with van der Waals surface area (Å²) >= 11 is 18.4. The van der Waals surface area contributed by atoms with E-state index in [4.69, 9.17) is 23.2 Å². The molecule has 0 nitrogen and oxygen atoms in total. The van der Waals surface area contributed by atoms with Gasteiger partial charge in [-0.05, 0) is 61.7 Å². The highest BCUT2D eigenvalue weighted by molar-refractivity contribution is 9.10. The van der Waals surface area contributed by atoms with Gasteiger partial charge in [-0.25, -0.2) is 8.78 Å². The highest BCUT2D eigenvalue weighted by Crippen LogP contribution is 2.36. The Morgan fingerprint density at radius 2 is 1.63 bits per heavy atom. The zero-order valence-electron chi connectivity index (χ0n) is 9.23. The van der Waals surface area contributed by atoms with Crippen LogP contribution in [-0.2, 0) is 0 Å². The second-order valence-corrected chi connectivity index (χ2v) is 6.38. The third-order valence-corrected chi connectivity index (χ3v) is 4.84. The van der Waals surface area contributed by atoms with Crippen LogP contribution in [0.3, 0.4) is 0 Å². The van der Waals surface area contributed by atoms with Crippen molar-refractivity contribution in [3.05, 3.63) is 67.1 Å². The van der Waals surface area contributed by atoms with Crippen molar-refractivity contribution < 1.29 is 8.78 Å². The lowest BCUT2D eigenvalue weighted by Crippen LogP contribution is -1.98. The smallest absolute Gasteiger partial charge is 0.137 e. The van der Waals surface area contributed by atoms with Crippen LogP contribution in [0.1, 0.15) is 16.5 Å². The van der Waals surface area contributed by atoms with Gasteiger partial charge in [-0.1, -0.05) is 17.7 Å². The summed E-state index contributed by atoms with van der Waals surface area (Å²) in [4.78, 5) is 0. The molecule has 0 spiro atoms. The lowest BCUT2D eigenvalue weighted by molar-refractivity contribution is 0.610. The Morgan fingerprint density at radius 1 is 0.947 bits per heavy atom. The van der Waals surface area contributed by atoms with E-state index in [0.29, 0.717) is 15.1 Å². The number of rotatable bonds is 2. The largest absolute Gasteiger partial charge is 0.207 e. The van der Waals surface area contributed by atoms with Crippen LogP contribution < -0.4 is 0 Å². The standard InChI is InChI=1S/C13H6Br2Cl2F2/c14-8-5-12(19)7(4-10(8)16)13(17)6-1-2-11(18)9(15)3-6/h1-5,13H. The molecule has 0 saturated carbocycles. The minimum absolute atomic E-state index is 0.244. The van der Waals surface area contributed by atoms with Gasteiger partial charge in [0.2, 0.25) is 0 Å². The van der Waals surface area contributed by atoms with Gasteiger partial charge in [0.05, 0.1) is 14.9 Å². The first-order valence-corrected chi connectivity index (χ1v) is 7.53. The Bertz CT molecular complexity index is 632. The highest BCUT2D eigenvalue weighted by Gasteiger charge is 2.18. The van der Waals surface area contributed by atoms with Gasteiger partial charge in [0.1, 0.15) is 11.6 Å². The van der Waals surface area contributed by atoms with Gasteiger partial charge in [0.25, 0.3) is 0 Å². The molecule has 2 rings (SSSR count). The van der Waals surface area contributed by atoms with Crippen molar-refractivity contribution in [3.8, 4) is 0 Å². The summed E-state index contributed by atoms with van der Waals surface area (Å²) in [7, 11) is 0. The summed E-state index contributed by atoms with van der Waals surface area (Å²) in [5.41, 5.74) is 0.820. The van der Waals surface area contributed by atoms with Crippen LogP contribution in [0, 0.1) is 11.6 Å². The summed E-state index contributed by atoms with van der Waals surface area (Å²) in [5, 5.41) is -0.384. The monoisotopic (exact) mass is 428 g/mol. The van der Waals surface area contributed by atoms with Crippen LogP contribution in [-0.4, -0.2) is 0 Å². The van der Waals surface area contributed by atoms with E-state index in [-0.39, 0.29) is 10.0 Å². The van der Waals surface area contributed by atoms with Crippen molar-refractivity contribution in [2.24, 2.45) is 0 Å². The van der Waals surface area contributed by atoms with Gasteiger partial charge in [-0.3, -0.25) is 0 Å². The van der Waals surface area contributed by atoms with Crippen LogP contribution in [0.15, 0.2) is 39.3 Å². The van der Waals surface area contributed by atoms with E-state index in [0.717, 1.165) is 0 Å². The van der Waals surface area contributed by atoms with Crippen LogP contribution in [0.5, 0.6) is 0 Å². The van der Waals surface area contributed by atoms with Gasteiger partial charge >= 0.3 is 0 Å². The van der Waals surface area contributed by atoms with E-state index in [9.17, 15) is 8.78 Å². The average molecular weight is 431 g/mol. The van der Waals surface area contributed by atoms with Gasteiger partial charge in [-0.2, -0.15) is 0 Å². The van der Waals surface area contributed by atoms with E-state index < -0.39 is 17.0 Å². The molecule has 0 saturated heterocycles. The van der Waals surface area contributed by atoms with Crippen LogP contribution >= 0.6 is 55.1 Å². The maximum atomic E-state index is 13.9. The predicted molar refractivity (Wildman–Crippen MR) is 80.9 cm³/mol. The number of benzene rings is 2. The van der Waals surface area contributed by atoms with Gasteiger partial charge in [0.15, 0.2) is 0 Å². The number of halogens is 6. The third kappa shape index (κ3) is 3.30. The van der Waals surface area contributed by atoms with E-state index in [1.165, 1.54) is 30.3 Å². The highest BCUT2D eigenvalue weighted by atomic mass is 79.9. The molecule has 2 aromatic carbocycles. The summed E-state index contributed by atoms with van der Waals surface area (Å²) in [6, 6.07) is 7.00. The summed E-state index contributed by atoms with van der Waals surface area (Å²) in [6.07, 6.45) is 0. The summed E-state index contributed by atoms with van der Waals surface area (Å²) < 4.78 is 27.8. The third-order valence-electron chi connectivity index (χ3n) is 2.55. The second-order valence-electron chi connectivity index (χ2n) is 3.82. The van der Waals surface area contributed by atoms with Crippen molar-refractivity contribution >= 4 is 55.1 Å². The molecule has 0 radical (unpaired) electrons. The zero-order chi connectivity index (χ0) is 14.2. The van der Waals surface area contributed by atoms with E-state index >= 15 is 0 Å². The quantitative estimate of drug-likeness (QED) is 0.378. The zero-order valence-corrected chi connectivity index (χ0v) is 13.9. The first-order chi connectivity index (χ1) is 8.90. The molecule has 1 unspecified atom stereocenters. The molecule has 19 heavy (non-hydrogen) atoms. The molecular weight excluding hydrogens is 425 g/mol. The molecule has 0 aliphatic carbocycles. The molecule has 2 aromatic rings. The second kappa shape index (κ2) is 6.08. The van der Waals surface area contributed by atoms with Crippen LogP contribution in [0.25, 0.3) is 0 Å². The molecular formula is C13H6Br2Cl2F2. The molecule has 0 bridgehead atoms. The van der Waals surface area contributed by atoms with E-state index in [1.54, 1.807) is 0 Å². The SMILES string of the molecule is Fc1ccc(C(Cl)c2cc(Cl)c(Br)cc2F)cc1Br. The van der Waals surface area contributed by atoms with Gasteiger partial charge < -0.3 is 0 Å². The van der Waals surface area contributed by atoms with Crippen LogP contribution in [0.2, 0.25) is 5.02 Å². The fourth-order valence-electron chi connectivity index (χ4n) is 1.58. The van der Waals surface area contributed by atoms with Crippen molar-refractivity contribution in [1.82, 2.24) is 0 Å². The summed E-state index contributed by atoms with van der Waals surface area (Å²) in [6.45, 7) is 0. The maximum absolute atomic E-state index is 13.9. The minimum Gasteiger partial charge on any atom is -0.207 e. The Kier molecular flexibility index (Phi) is 4.88. The van der Waals surface area contributed by atoms with E-state index in [2.05, 4.69) is 31.9 Å². The molecule has 0 aromatic heterocycles. The van der Waals surface area contributed by atoms with Gasteiger partial charge in [-0.15, -0.1) is 11.6 Å². The molecule has 6 heteroatoms. The maximum Gasteiger partial charge on any atom is 0.137 e. The Hall–Kier alpha value is -0.160. The first-order valence-electron chi connectivity index (χ1n) is 5.13. The average Bonchev–Trinajstić information content (AvgIpc) is 2.36. The molecule has 100 valence electrons. The lowest BCUT2D eigenvalue weighted by Gasteiger charge is -2.13. The first kappa shape index (κ1) is 15.2. The molecule has 0 aliphatic heterocycles. The normalized spacial score (nSPS) is 12.5. The number of hydrogen-bond donors (Lipinski definition) is 0. The molecule has 0 aliphatic rings. The Balaban J connectivity index is 2.46. The molecule has 1 atom stereocenters. The number of hydrogen-bond acceptors (Lipinski definition) is 0. The fourth-order valence-corrected chi connectivity index (χ4v) is 2.77. The lowest BCUT2D eigenvalue weighted by atomic mass is 10.0. The van der Waals surface area contributed by atoms with Crippen LogP contribution in [0.4, 0.5) is 8.78 Å². The molecule has 0 amide bonds. The minimum atomic E-state index is -0.748. The molecule has 0 N–H and O–H groups in total. The Morgan fingerprint density at radius 3 is 2.26 bits per heavy atom. The fraction of sp³-hybridized carbons (Fsp3) is 0.0769.